The van der Waals surface area contributed by atoms with Crippen LogP contribution in [0.4, 0.5) is 0 Å². The van der Waals surface area contributed by atoms with Crippen molar-refractivity contribution in [1.82, 2.24) is 0 Å². The van der Waals surface area contributed by atoms with Gasteiger partial charge < -0.3 is 0 Å². The molecule has 0 saturated carbocycles. The highest BCUT2D eigenvalue weighted by Crippen LogP contribution is 2.27. The molecular formula is C7H11Cl. The van der Waals surface area contributed by atoms with E-state index in [9.17, 15) is 0 Å². The van der Waals surface area contributed by atoms with Crippen LogP contribution in [-0.4, -0.2) is 5.38 Å². The second-order valence-electron chi connectivity index (χ2n) is 2.64. The van der Waals surface area contributed by atoms with Crippen molar-refractivity contribution < 1.29 is 0 Å². The minimum absolute atomic E-state index is 0.301. The minimum atomic E-state index is 0.301. The summed E-state index contributed by atoms with van der Waals surface area (Å²) in [6.07, 6.45) is 3.33. The van der Waals surface area contributed by atoms with E-state index in [1.807, 2.05) is 0 Å². The third-order valence-corrected chi connectivity index (χ3v) is 2.19. The first kappa shape index (κ1) is 6.15. The molecule has 0 aromatic heterocycles. The van der Waals surface area contributed by atoms with E-state index < -0.39 is 0 Å². The Balaban J connectivity index is 2.56. The van der Waals surface area contributed by atoms with Gasteiger partial charge in [0.1, 0.15) is 0 Å². The highest BCUT2D eigenvalue weighted by molar-refractivity contribution is 6.22. The van der Waals surface area contributed by atoms with Gasteiger partial charge >= 0.3 is 0 Å². The monoisotopic (exact) mass is 130 g/mol. The second kappa shape index (κ2) is 2.10. The number of halogens is 1. The van der Waals surface area contributed by atoms with Crippen LogP contribution in [0.3, 0.4) is 0 Å². The van der Waals surface area contributed by atoms with Crippen molar-refractivity contribution >= 4 is 11.6 Å². The quantitative estimate of drug-likeness (QED) is 0.349. The Labute approximate surface area is 55.5 Å². The van der Waals surface area contributed by atoms with Crippen LogP contribution >= 0.6 is 11.6 Å². The topological polar surface area (TPSA) is 0 Å². The molecule has 1 rings (SSSR count). The predicted octanol–water partition coefficient (Wildman–Crippen LogP) is 2.58. The van der Waals surface area contributed by atoms with Crippen LogP contribution in [0.1, 0.15) is 20.3 Å². The number of alkyl halides is 1. The van der Waals surface area contributed by atoms with Crippen LogP contribution in [0.15, 0.2) is 11.6 Å². The van der Waals surface area contributed by atoms with Crippen LogP contribution in [0.5, 0.6) is 0 Å². The van der Waals surface area contributed by atoms with Gasteiger partial charge in [-0.05, 0) is 19.3 Å². The van der Waals surface area contributed by atoms with Crippen LogP contribution in [0.2, 0.25) is 0 Å². The third kappa shape index (κ3) is 1.05. The van der Waals surface area contributed by atoms with Gasteiger partial charge in [-0.2, -0.15) is 0 Å². The van der Waals surface area contributed by atoms with E-state index in [0.29, 0.717) is 11.3 Å². The van der Waals surface area contributed by atoms with Crippen molar-refractivity contribution in [2.75, 3.05) is 0 Å². The van der Waals surface area contributed by atoms with Gasteiger partial charge in [-0.15, -0.1) is 11.6 Å². The molecule has 0 aromatic rings. The second-order valence-corrected chi connectivity index (χ2v) is 3.14. The molecule has 46 valence electrons. The molecule has 1 aliphatic carbocycles. The summed E-state index contributed by atoms with van der Waals surface area (Å²) >= 11 is 5.88. The number of allylic oxidation sites excluding steroid dienone is 2. The van der Waals surface area contributed by atoms with Crippen LogP contribution in [0, 0.1) is 5.92 Å². The van der Waals surface area contributed by atoms with Gasteiger partial charge in [-0.3, -0.25) is 0 Å². The molecule has 0 aliphatic heterocycles. The van der Waals surface area contributed by atoms with Crippen molar-refractivity contribution in [2.24, 2.45) is 5.92 Å². The Hall–Kier alpha value is 0.0300. The molecule has 1 aliphatic rings. The fourth-order valence-electron chi connectivity index (χ4n) is 1.12. The van der Waals surface area contributed by atoms with E-state index >= 15 is 0 Å². The molecule has 0 spiro atoms. The van der Waals surface area contributed by atoms with Crippen molar-refractivity contribution in [2.45, 2.75) is 25.6 Å². The van der Waals surface area contributed by atoms with Gasteiger partial charge in [-0.25, -0.2) is 0 Å². The zero-order valence-electron chi connectivity index (χ0n) is 5.32. The average molecular weight is 131 g/mol. The molecule has 0 amide bonds. The molecule has 8 heavy (non-hydrogen) atoms. The number of hydrogen-bond donors (Lipinski definition) is 0. The smallest absolute Gasteiger partial charge is 0.0547 e. The SMILES string of the molecule is CC1=C[C@H](Cl)[C@@H](C)C1. The molecule has 0 unspecified atom stereocenters. The van der Waals surface area contributed by atoms with E-state index in [0.717, 1.165) is 0 Å². The maximum Gasteiger partial charge on any atom is 0.0547 e. The highest BCUT2D eigenvalue weighted by atomic mass is 35.5. The summed E-state index contributed by atoms with van der Waals surface area (Å²) in [5.74, 6) is 0.664. The first-order chi connectivity index (χ1) is 3.70. The van der Waals surface area contributed by atoms with Gasteiger partial charge in [0.15, 0.2) is 0 Å². The lowest BCUT2D eigenvalue weighted by Gasteiger charge is -2.03. The molecular weight excluding hydrogens is 120 g/mol. The van der Waals surface area contributed by atoms with Crippen LogP contribution < -0.4 is 0 Å². The largest absolute Gasteiger partial charge is 0.118 e. The van der Waals surface area contributed by atoms with Gasteiger partial charge in [0.25, 0.3) is 0 Å². The van der Waals surface area contributed by atoms with E-state index in [2.05, 4.69) is 19.9 Å². The normalized spacial score (nSPS) is 37.6. The Morgan fingerprint density at radius 3 is 2.50 bits per heavy atom. The molecule has 0 N–H and O–H groups in total. The molecule has 0 heterocycles. The zero-order chi connectivity index (χ0) is 6.15. The summed E-state index contributed by atoms with van der Waals surface area (Å²) in [7, 11) is 0. The molecule has 0 nitrogen and oxygen atoms in total. The molecule has 0 radical (unpaired) electrons. The Bertz CT molecular complexity index is 116. The summed E-state index contributed by atoms with van der Waals surface area (Å²) < 4.78 is 0. The van der Waals surface area contributed by atoms with E-state index in [-0.39, 0.29) is 0 Å². The van der Waals surface area contributed by atoms with Gasteiger partial charge in [0.2, 0.25) is 0 Å². The predicted molar refractivity (Wildman–Crippen MR) is 37.2 cm³/mol. The summed E-state index contributed by atoms with van der Waals surface area (Å²) in [6, 6.07) is 0. The molecule has 0 saturated heterocycles. The Morgan fingerprint density at radius 2 is 2.38 bits per heavy atom. The maximum atomic E-state index is 5.88. The lowest BCUT2D eigenvalue weighted by Crippen LogP contribution is -2.00. The summed E-state index contributed by atoms with van der Waals surface area (Å²) in [6.45, 7) is 4.32. The van der Waals surface area contributed by atoms with Crippen LogP contribution in [0.25, 0.3) is 0 Å². The fourth-order valence-corrected chi connectivity index (χ4v) is 1.43. The molecule has 2 atom stereocenters. The van der Waals surface area contributed by atoms with Crippen LogP contribution in [-0.2, 0) is 0 Å². The van der Waals surface area contributed by atoms with Gasteiger partial charge in [-0.1, -0.05) is 18.6 Å². The van der Waals surface area contributed by atoms with Gasteiger partial charge in [0.05, 0.1) is 5.38 Å². The van der Waals surface area contributed by atoms with E-state index in [1.54, 1.807) is 0 Å². The first-order valence-electron chi connectivity index (χ1n) is 3.01. The summed E-state index contributed by atoms with van der Waals surface area (Å²) in [5, 5.41) is 0.301. The Kier molecular flexibility index (Phi) is 1.62. The average Bonchev–Trinajstić information content (AvgIpc) is 1.85. The molecule has 0 fully saturated rings. The minimum Gasteiger partial charge on any atom is -0.118 e. The maximum absolute atomic E-state index is 5.88. The zero-order valence-corrected chi connectivity index (χ0v) is 6.07. The lowest BCUT2D eigenvalue weighted by atomic mass is 10.1. The fraction of sp³-hybridized carbons (Fsp3) is 0.714. The molecule has 0 aromatic carbocycles. The summed E-state index contributed by atoms with van der Waals surface area (Å²) in [5.41, 5.74) is 1.44. The number of rotatable bonds is 0. The summed E-state index contributed by atoms with van der Waals surface area (Å²) in [4.78, 5) is 0. The van der Waals surface area contributed by atoms with Crippen molar-refractivity contribution in [3.63, 3.8) is 0 Å². The van der Waals surface area contributed by atoms with E-state index in [1.165, 1.54) is 12.0 Å². The van der Waals surface area contributed by atoms with Crippen molar-refractivity contribution in [1.29, 1.82) is 0 Å². The van der Waals surface area contributed by atoms with E-state index in [4.69, 9.17) is 11.6 Å². The van der Waals surface area contributed by atoms with Crippen molar-refractivity contribution in [3.05, 3.63) is 11.6 Å². The third-order valence-electron chi connectivity index (χ3n) is 1.63. The lowest BCUT2D eigenvalue weighted by molar-refractivity contribution is 0.634. The molecule has 1 heteroatoms. The highest BCUT2D eigenvalue weighted by Gasteiger charge is 2.18. The Morgan fingerprint density at radius 1 is 1.75 bits per heavy atom. The van der Waals surface area contributed by atoms with Gasteiger partial charge in [0, 0.05) is 0 Å². The number of hydrogen-bond acceptors (Lipinski definition) is 0. The van der Waals surface area contributed by atoms with Crippen molar-refractivity contribution in [3.8, 4) is 0 Å². The first-order valence-corrected chi connectivity index (χ1v) is 3.45. The standard InChI is InChI=1S/C7H11Cl/c1-5-3-6(2)7(8)4-5/h4,6-7H,3H2,1-2H3/t6-,7-/m0/s1. The molecule has 0 bridgehead atoms.